The number of halogens is 3. The van der Waals surface area contributed by atoms with Crippen LogP contribution in [0.5, 0.6) is 0 Å². The fourth-order valence-electron chi connectivity index (χ4n) is 0.227. The molecule has 0 N–H and O–H groups in total. The number of carbonyl (C=O) groups excluding carboxylic acids is 1. The Morgan fingerprint density at radius 3 is 1.62 bits per heavy atom. The van der Waals surface area contributed by atoms with E-state index in [9.17, 15) is 18.0 Å². The fourth-order valence-corrected chi connectivity index (χ4v) is 0.680. The molecule has 6 heteroatoms. The first-order chi connectivity index (χ1) is 5.44. The maximum atomic E-state index is 10.8. The van der Waals surface area contributed by atoms with Crippen LogP contribution in [0, 0.1) is 49.4 Å². The zero-order valence-corrected chi connectivity index (χ0v) is 9.88. The Balaban J connectivity index is 0. The van der Waals surface area contributed by atoms with Gasteiger partial charge in [-0.25, -0.2) is 0 Å². The fraction of sp³-hybridized carbons (Fsp3) is 0.286. The van der Waals surface area contributed by atoms with Crippen molar-refractivity contribution in [1.29, 1.82) is 0 Å². The number of alkyl halides is 3. The van der Waals surface area contributed by atoms with Gasteiger partial charge < -0.3 is 0 Å². The molecule has 1 nitrogen and oxygen atoms in total. The van der Waals surface area contributed by atoms with Crippen LogP contribution in [0.15, 0.2) is 22.9 Å². The van der Waals surface area contributed by atoms with Crippen LogP contribution < -0.4 is 0 Å². The summed E-state index contributed by atoms with van der Waals surface area (Å²) in [5.41, 5.74) is 0. The molecule has 0 spiro atoms. The van der Waals surface area contributed by atoms with Crippen molar-refractivity contribution >= 4 is 17.1 Å². The molecule has 0 aromatic carbocycles. The summed E-state index contributed by atoms with van der Waals surface area (Å²) in [6.45, 7) is 0.486. The summed E-state index contributed by atoms with van der Waals surface area (Å²) in [7, 11) is 0. The van der Waals surface area contributed by atoms with Gasteiger partial charge in [0.1, 0.15) is 0 Å². The van der Waals surface area contributed by atoms with Gasteiger partial charge in [-0.3, -0.25) is 4.79 Å². The average Bonchev–Trinajstić information content (AvgIpc) is 2.39. The van der Waals surface area contributed by atoms with Crippen molar-refractivity contribution in [1.82, 2.24) is 0 Å². The van der Waals surface area contributed by atoms with Crippen LogP contribution in [0.3, 0.4) is 0 Å². The minimum absolute atomic E-state index is 0. The Labute approximate surface area is 119 Å². The number of hydrogen-bond acceptors (Lipinski definition) is 2. The average molecular weight is 348 g/mol. The van der Waals surface area contributed by atoms with Crippen LogP contribution in [0.1, 0.15) is 6.92 Å². The zero-order valence-electron chi connectivity index (χ0n) is 6.64. The molecule has 0 unspecified atom stereocenters. The van der Waals surface area contributed by atoms with Crippen molar-refractivity contribution in [3.8, 4) is 0 Å². The van der Waals surface area contributed by atoms with Crippen LogP contribution in [0.25, 0.3) is 0 Å². The number of carbonyl (C=O) groups is 1. The van der Waals surface area contributed by atoms with Gasteiger partial charge in [0, 0.05) is 56.3 Å². The first kappa shape index (κ1) is 16.2. The number of hydrogen-bond donors (Lipinski definition) is 0. The Kier molecular flexibility index (Phi) is 10.1. The molecule has 13 heavy (non-hydrogen) atoms. The Bertz CT molecular complexity index is 203. The smallest absolute Gasteiger partial charge is 0.290 e. The second-order valence-corrected chi connectivity index (χ2v) is 2.66. The molecule has 0 bridgehead atoms. The van der Waals surface area contributed by atoms with E-state index >= 15 is 0 Å². The van der Waals surface area contributed by atoms with E-state index in [-0.39, 0.29) is 49.4 Å². The first-order valence-corrected chi connectivity index (χ1v) is 3.94. The van der Waals surface area contributed by atoms with E-state index in [1.807, 2.05) is 22.9 Å². The van der Waals surface area contributed by atoms with Crippen LogP contribution in [0.4, 0.5) is 13.2 Å². The first-order valence-electron chi connectivity index (χ1n) is 2.99. The van der Waals surface area contributed by atoms with Gasteiger partial charge in [-0.2, -0.15) is 24.5 Å². The van der Waals surface area contributed by atoms with Crippen molar-refractivity contribution in [3.05, 3.63) is 22.9 Å². The molecule has 1 aromatic heterocycles. The van der Waals surface area contributed by atoms with Crippen LogP contribution >= 0.6 is 11.3 Å². The van der Waals surface area contributed by atoms with E-state index in [4.69, 9.17) is 0 Å². The van der Waals surface area contributed by atoms with E-state index in [0.29, 0.717) is 6.92 Å². The van der Waals surface area contributed by atoms with E-state index < -0.39 is 12.0 Å². The summed E-state index contributed by atoms with van der Waals surface area (Å²) in [5, 5.41) is 4.08. The van der Waals surface area contributed by atoms with Gasteiger partial charge in [0.05, 0.1) is 0 Å². The molecule has 0 aliphatic heterocycles. The molecular formula is C7H7EuF3OS. The second-order valence-electron chi connectivity index (χ2n) is 1.85. The molecule has 0 aliphatic rings. The molecule has 1 radical (unpaired) electrons. The normalized spacial score (nSPS) is 9.23. The number of ketones is 1. The monoisotopic (exact) mass is 349 g/mol. The third-order valence-electron chi connectivity index (χ3n) is 0.825. The standard InChI is InChI=1S/C4H4S.C3H3F3O.Eu/c1-2-4-5-3-1;1-2(7)3(4,5)6;/h1-4H;1H3;. The maximum absolute atomic E-state index is 10.8. The molecule has 1 aromatic rings. The van der Waals surface area contributed by atoms with E-state index in [2.05, 4.69) is 0 Å². The van der Waals surface area contributed by atoms with Crippen molar-refractivity contribution in [2.75, 3.05) is 0 Å². The predicted molar refractivity (Wildman–Crippen MR) is 41.1 cm³/mol. The third-order valence-corrected chi connectivity index (χ3v) is 1.45. The summed E-state index contributed by atoms with van der Waals surface area (Å²) in [6.07, 6.45) is -4.64. The summed E-state index contributed by atoms with van der Waals surface area (Å²) < 4.78 is 32.5. The molecule has 75 valence electrons. The van der Waals surface area contributed by atoms with Gasteiger partial charge in [-0.1, -0.05) is 12.1 Å². The van der Waals surface area contributed by atoms with Crippen LogP contribution in [-0.4, -0.2) is 12.0 Å². The summed E-state index contributed by atoms with van der Waals surface area (Å²) in [5.74, 6) is -1.76. The predicted octanol–water partition coefficient (Wildman–Crippen LogP) is 2.89. The molecule has 0 fully saturated rings. The van der Waals surface area contributed by atoms with Gasteiger partial charge in [0.25, 0.3) is 0 Å². The topological polar surface area (TPSA) is 17.1 Å². The van der Waals surface area contributed by atoms with E-state index in [1.54, 1.807) is 11.3 Å². The Morgan fingerprint density at radius 1 is 1.23 bits per heavy atom. The van der Waals surface area contributed by atoms with Gasteiger partial charge in [0.2, 0.25) is 5.78 Å². The van der Waals surface area contributed by atoms with Crippen LogP contribution in [-0.2, 0) is 4.79 Å². The van der Waals surface area contributed by atoms with E-state index in [1.165, 1.54) is 0 Å². The third kappa shape index (κ3) is 10.7. The molecule has 0 saturated carbocycles. The second kappa shape index (κ2) is 8.09. The van der Waals surface area contributed by atoms with Crippen molar-refractivity contribution in [2.24, 2.45) is 0 Å². The summed E-state index contributed by atoms with van der Waals surface area (Å²) in [6, 6.07) is 4.04. The summed E-state index contributed by atoms with van der Waals surface area (Å²) >= 11 is 1.71. The Hall–Kier alpha value is 0.744. The van der Waals surface area contributed by atoms with Crippen molar-refractivity contribution in [3.63, 3.8) is 0 Å². The van der Waals surface area contributed by atoms with Crippen molar-refractivity contribution in [2.45, 2.75) is 13.1 Å². The molecular weight excluding hydrogens is 341 g/mol. The molecule has 0 atom stereocenters. The SMILES string of the molecule is CC(=O)C(F)(F)F.[Eu].c1ccsc1. The maximum Gasteiger partial charge on any atom is 0.449 e. The van der Waals surface area contributed by atoms with Gasteiger partial charge in [-0.15, -0.1) is 0 Å². The van der Waals surface area contributed by atoms with Gasteiger partial charge in [0.15, 0.2) is 0 Å². The van der Waals surface area contributed by atoms with Crippen molar-refractivity contribution < 1.29 is 67.3 Å². The van der Waals surface area contributed by atoms with Gasteiger partial charge in [-0.05, 0) is 10.8 Å². The number of thiophene rings is 1. The minimum atomic E-state index is -4.64. The van der Waals surface area contributed by atoms with Crippen LogP contribution in [0.2, 0.25) is 0 Å². The largest absolute Gasteiger partial charge is 0.449 e. The van der Waals surface area contributed by atoms with Gasteiger partial charge >= 0.3 is 6.18 Å². The molecule has 0 amide bonds. The van der Waals surface area contributed by atoms with E-state index in [0.717, 1.165) is 0 Å². The number of Topliss-reactive ketones (excluding diaryl/α,β-unsaturated/α-hetero) is 1. The zero-order chi connectivity index (χ0) is 9.61. The Morgan fingerprint density at radius 2 is 1.54 bits per heavy atom. The molecule has 0 aliphatic carbocycles. The summed E-state index contributed by atoms with van der Waals surface area (Å²) in [4.78, 5) is 9.34. The molecule has 1 rings (SSSR count). The number of rotatable bonds is 0. The molecule has 0 saturated heterocycles. The minimum Gasteiger partial charge on any atom is -0.290 e. The molecule has 1 heterocycles. The quantitative estimate of drug-likeness (QED) is 0.705.